The molecule has 0 aliphatic heterocycles. The fourth-order valence-corrected chi connectivity index (χ4v) is 3.89. The quantitative estimate of drug-likeness (QED) is 0.463. The second-order valence-corrected chi connectivity index (χ2v) is 8.37. The first-order valence-electron chi connectivity index (χ1n) is 9.78. The van der Waals surface area contributed by atoms with Crippen molar-refractivity contribution in [1.82, 2.24) is 14.6 Å². The zero-order chi connectivity index (χ0) is 22.0. The molecule has 0 saturated heterocycles. The van der Waals surface area contributed by atoms with Crippen LogP contribution in [0, 0.1) is 5.92 Å². The number of ether oxygens (including phenoxy) is 2. The summed E-state index contributed by atoms with van der Waals surface area (Å²) < 4.78 is 12.8. The summed E-state index contributed by atoms with van der Waals surface area (Å²) in [5, 5.41) is 4.27. The monoisotopic (exact) mass is 435 g/mol. The van der Waals surface area contributed by atoms with Gasteiger partial charge in [-0.15, -0.1) is 0 Å². The third-order valence-corrected chi connectivity index (χ3v) is 5.45. The number of aromatic nitrogens is 3. The van der Waals surface area contributed by atoms with Crippen LogP contribution < -0.4 is 25.1 Å². The van der Waals surface area contributed by atoms with Crippen LogP contribution in [0.25, 0.3) is 22.3 Å². The van der Waals surface area contributed by atoms with Crippen LogP contribution in [0.2, 0.25) is 0 Å². The maximum Gasteiger partial charge on any atom is 0.300 e. The van der Waals surface area contributed by atoms with E-state index in [9.17, 15) is 9.59 Å². The number of hydrogen-bond donors (Lipinski definition) is 0. The fraction of sp³-hybridized carbons (Fsp3) is 0.217. The summed E-state index contributed by atoms with van der Waals surface area (Å²) in [4.78, 5) is 29.6. The van der Waals surface area contributed by atoms with Crippen LogP contribution in [0.5, 0.6) is 11.5 Å². The summed E-state index contributed by atoms with van der Waals surface area (Å²) in [5.74, 6) is 1.62. The van der Waals surface area contributed by atoms with Gasteiger partial charge in [-0.05, 0) is 29.7 Å². The minimum atomic E-state index is -0.465. The first-order valence-corrected chi connectivity index (χ1v) is 10.6. The Hall–Kier alpha value is -3.52. The van der Waals surface area contributed by atoms with Crippen LogP contribution >= 0.6 is 11.3 Å². The molecule has 0 fully saturated rings. The lowest BCUT2D eigenvalue weighted by atomic mass is 10.2. The Labute approximate surface area is 182 Å². The summed E-state index contributed by atoms with van der Waals surface area (Å²) in [5.41, 5.74) is 0.736. The van der Waals surface area contributed by atoms with Crippen molar-refractivity contribution >= 4 is 22.4 Å². The molecule has 2 aromatic heterocycles. The van der Waals surface area contributed by atoms with E-state index in [1.165, 1.54) is 4.52 Å². The molecule has 8 heteroatoms. The molecule has 2 heterocycles. The van der Waals surface area contributed by atoms with Crippen molar-refractivity contribution in [3.8, 4) is 22.8 Å². The van der Waals surface area contributed by atoms with Crippen molar-refractivity contribution in [2.24, 2.45) is 5.92 Å². The standard InChI is InChI=1S/C23H21N3O4S/c1-14(2)13-30-17-10-9-15(11-18(17)29-3)12-19-22(28)26-23(31-19)24-21(27)20(25-26)16-7-5-4-6-8-16/h4-12,14H,13H2,1-3H3/b19-12-. The molecule has 0 bridgehead atoms. The SMILES string of the molecule is COc1cc(/C=c2\sc3nc(=O)c(-c4ccccc4)nn3c2=O)ccc1OCC(C)C. The summed E-state index contributed by atoms with van der Waals surface area (Å²) in [7, 11) is 1.57. The highest BCUT2D eigenvalue weighted by Crippen LogP contribution is 2.28. The van der Waals surface area contributed by atoms with Gasteiger partial charge in [0.2, 0.25) is 4.96 Å². The number of fused-ring (bicyclic) bond motifs is 1. The highest BCUT2D eigenvalue weighted by atomic mass is 32.1. The molecule has 0 unspecified atom stereocenters. The Balaban J connectivity index is 1.77. The van der Waals surface area contributed by atoms with E-state index in [1.54, 1.807) is 43.5 Å². The highest BCUT2D eigenvalue weighted by molar-refractivity contribution is 7.15. The molecule has 0 spiro atoms. The number of methoxy groups -OCH3 is 1. The highest BCUT2D eigenvalue weighted by Gasteiger charge is 2.13. The summed E-state index contributed by atoms with van der Waals surface area (Å²) in [6.07, 6.45) is 1.73. The molecule has 0 aliphatic rings. The number of thiazole rings is 1. The van der Waals surface area contributed by atoms with Gasteiger partial charge in [0.05, 0.1) is 18.2 Å². The predicted molar refractivity (Wildman–Crippen MR) is 121 cm³/mol. The van der Waals surface area contributed by atoms with E-state index >= 15 is 0 Å². The van der Waals surface area contributed by atoms with Gasteiger partial charge in [-0.25, -0.2) is 0 Å². The van der Waals surface area contributed by atoms with Gasteiger partial charge in [-0.3, -0.25) is 9.59 Å². The first kappa shape index (κ1) is 20.7. The fourth-order valence-electron chi connectivity index (χ4n) is 2.99. The van der Waals surface area contributed by atoms with E-state index < -0.39 is 5.56 Å². The van der Waals surface area contributed by atoms with Crippen molar-refractivity contribution in [2.75, 3.05) is 13.7 Å². The molecule has 0 saturated carbocycles. The molecule has 0 atom stereocenters. The zero-order valence-corrected chi connectivity index (χ0v) is 18.2. The van der Waals surface area contributed by atoms with Crippen molar-refractivity contribution in [3.05, 3.63) is 79.3 Å². The Bertz CT molecular complexity index is 1390. The van der Waals surface area contributed by atoms with Gasteiger partial charge < -0.3 is 9.47 Å². The van der Waals surface area contributed by atoms with Gasteiger partial charge in [-0.1, -0.05) is 61.6 Å². The van der Waals surface area contributed by atoms with Gasteiger partial charge in [0, 0.05) is 5.56 Å². The molecule has 31 heavy (non-hydrogen) atoms. The van der Waals surface area contributed by atoms with Gasteiger partial charge in [0.15, 0.2) is 17.2 Å². The molecule has 2 aromatic carbocycles. The third kappa shape index (κ3) is 4.34. The molecule has 0 aliphatic carbocycles. The molecule has 4 rings (SSSR count). The number of benzene rings is 2. The molecule has 0 radical (unpaired) electrons. The zero-order valence-electron chi connectivity index (χ0n) is 17.4. The van der Waals surface area contributed by atoms with Gasteiger partial charge in [0.1, 0.15) is 0 Å². The van der Waals surface area contributed by atoms with Crippen LogP contribution in [0.15, 0.2) is 58.1 Å². The Morgan fingerprint density at radius 1 is 1.10 bits per heavy atom. The van der Waals surface area contributed by atoms with E-state index in [-0.39, 0.29) is 16.2 Å². The lowest BCUT2D eigenvalue weighted by Crippen LogP contribution is -2.26. The first-order chi connectivity index (χ1) is 15.0. The van der Waals surface area contributed by atoms with Crippen LogP contribution in [-0.4, -0.2) is 28.3 Å². The minimum Gasteiger partial charge on any atom is -0.493 e. The molecule has 0 amide bonds. The second-order valence-electron chi connectivity index (χ2n) is 7.36. The molecular formula is C23H21N3O4S. The topological polar surface area (TPSA) is 82.8 Å². The molecular weight excluding hydrogens is 414 g/mol. The smallest absolute Gasteiger partial charge is 0.300 e. The van der Waals surface area contributed by atoms with Crippen LogP contribution in [0.1, 0.15) is 19.4 Å². The molecule has 0 N–H and O–H groups in total. The largest absolute Gasteiger partial charge is 0.493 e. The van der Waals surface area contributed by atoms with Crippen LogP contribution in [0.4, 0.5) is 0 Å². The van der Waals surface area contributed by atoms with Crippen molar-refractivity contribution in [3.63, 3.8) is 0 Å². The normalized spacial score (nSPS) is 11.9. The summed E-state index contributed by atoms with van der Waals surface area (Å²) in [6, 6.07) is 14.4. The number of hydrogen-bond acceptors (Lipinski definition) is 7. The van der Waals surface area contributed by atoms with Crippen molar-refractivity contribution < 1.29 is 9.47 Å². The minimum absolute atomic E-state index is 0.146. The van der Waals surface area contributed by atoms with Crippen molar-refractivity contribution in [1.29, 1.82) is 0 Å². The third-order valence-electron chi connectivity index (χ3n) is 4.49. The van der Waals surface area contributed by atoms with Gasteiger partial charge >= 0.3 is 5.56 Å². The Kier molecular flexibility index (Phi) is 5.81. The predicted octanol–water partition coefficient (Wildman–Crippen LogP) is 2.77. The van der Waals surface area contributed by atoms with Crippen molar-refractivity contribution in [2.45, 2.75) is 13.8 Å². The Morgan fingerprint density at radius 2 is 1.87 bits per heavy atom. The Morgan fingerprint density at radius 3 is 2.58 bits per heavy atom. The average Bonchev–Trinajstić information content (AvgIpc) is 3.06. The van der Waals surface area contributed by atoms with E-state index in [2.05, 4.69) is 23.9 Å². The maximum absolute atomic E-state index is 12.9. The van der Waals surface area contributed by atoms with Crippen LogP contribution in [-0.2, 0) is 0 Å². The molecule has 7 nitrogen and oxygen atoms in total. The second kappa shape index (κ2) is 8.69. The summed E-state index contributed by atoms with van der Waals surface area (Å²) in [6.45, 7) is 4.72. The lowest BCUT2D eigenvalue weighted by Gasteiger charge is -2.12. The van der Waals surface area contributed by atoms with Gasteiger partial charge in [0.25, 0.3) is 5.56 Å². The van der Waals surface area contributed by atoms with Gasteiger partial charge in [-0.2, -0.15) is 14.6 Å². The molecule has 4 aromatic rings. The lowest BCUT2D eigenvalue weighted by molar-refractivity contribution is 0.257. The maximum atomic E-state index is 12.9. The van der Waals surface area contributed by atoms with E-state index in [0.717, 1.165) is 16.9 Å². The molecule has 158 valence electrons. The van der Waals surface area contributed by atoms with E-state index in [4.69, 9.17) is 9.47 Å². The number of rotatable bonds is 6. The van der Waals surface area contributed by atoms with E-state index in [0.29, 0.717) is 34.1 Å². The average molecular weight is 436 g/mol. The number of nitrogens with zero attached hydrogens (tertiary/aromatic N) is 3. The van der Waals surface area contributed by atoms with E-state index in [1.807, 2.05) is 18.2 Å². The van der Waals surface area contributed by atoms with Crippen LogP contribution in [0.3, 0.4) is 0 Å². The summed E-state index contributed by atoms with van der Waals surface area (Å²) >= 11 is 1.12.